The minimum atomic E-state index is -1.05. The van der Waals surface area contributed by atoms with Gasteiger partial charge in [0.25, 0.3) is 0 Å². The van der Waals surface area contributed by atoms with Crippen molar-refractivity contribution >= 4 is 5.97 Å². The van der Waals surface area contributed by atoms with E-state index in [-0.39, 0.29) is 12.5 Å². The zero-order valence-electron chi connectivity index (χ0n) is 11.1. The third-order valence-corrected chi connectivity index (χ3v) is 2.57. The van der Waals surface area contributed by atoms with Crippen molar-refractivity contribution in [2.75, 3.05) is 13.7 Å². The molecule has 0 amide bonds. The number of carboxylic acids is 1. The van der Waals surface area contributed by atoms with Crippen LogP contribution in [0.4, 0.5) is 0 Å². The Bertz CT molecular complexity index is 609. The zero-order chi connectivity index (χ0) is 14.5. The Labute approximate surface area is 115 Å². The molecule has 0 spiro atoms. The van der Waals surface area contributed by atoms with E-state index in [9.17, 15) is 4.79 Å². The molecule has 0 aliphatic rings. The first kappa shape index (κ1) is 14.0. The molecule has 0 saturated carbocycles. The maximum Gasteiger partial charge on any atom is 0.329 e. The summed E-state index contributed by atoms with van der Waals surface area (Å²) in [6, 6.07) is 5.52. The van der Waals surface area contributed by atoms with Crippen LogP contribution in [0, 0.1) is 6.92 Å². The lowest BCUT2D eigenvalue weighted by Crippen LogP contribution is -2.06. The zero-order valence-corrected chi connectivity index (χ0v) is 11.1. The van der Waals surface area contributed by atoms with Gasteiger partial charge in [-0.15, -0.1) is 10.2 Å². The van der Waals surface area contributed by atoms with Crippen LogP contribution >= 0.6 is 0 Å². The molecule has 1 heterocycles. The van der Waals surface area contributed by atoms with Crippen LogP contribution < -0.4 is 4.74 Å². The highest BCUT2D eigenvalue weighted by molar-refractivity contribution is 5.67. The smallest absolute Gasteiger partial charge is 0.329 e. The van der Waals surface area contributed by atoms with Crippen molar-refractivity contribution in [3.63, 3.8) is 0 Å². The van der Waals surface area contributed by atoms with Gasteiger partial charge in [0.05, 0.1) is 7.11 Å². The van der Waals surface area contributed by atoms with Gasteiger partial charge in [-0.05, 0) is 24.6 Å². The summed E-state index contributed by atoms with van der Waals surface area (Å²) in [5.41, 5.74) is 1.73. The first-order valence-electron chi connectivity index (χ1n) is 5.87. The minimum Gasteiger partial charge on any atom is -0.496 e. The van der Waals surface area contributed by atoms with E-state index < -0.39 is 12.6 Å². The van der Waals surface area contributed by atoms with Crippen molar-refractivity contribution in [3.8, 4) is 17.2 Å². The summed E-state index contributed by atoms with van der Waals surface area (Å²) < 4.78 is 15.5. The summed E-state index contributed by atoms with van der Waals surface area (Å²) in [6.07, 6.45) is 0. The van der Waals surface area contributed by atoms with Crippen LogP contribution in [0.5, 0.6) is 5.75 Å². The summed E-state index contributed by atoms with van der Waals surface area (Å²) in [7, 11) is 1.59. The van der Waals surface area contributed by atoms with Crippen LogP contribution in [0.2, 0.25) is 0 Å². The van der Waals surface area contributed by atoms with Gasteiger partial charge >= 0.3 is 5.97 Å². The van der Waals surface area contributed by atoms with E-state index in [0.717, 1.165) is 16.9 Å². The van der Waals surface area contributed by atoms with Gasteiger partial charge in [0, 0.05) is 5.56 Å². The molecule has 0 saturated heterocycles. The van der Waals surface area contributed by atoms with Crippen molar-refractivity contribution in [2.45, 2.75) is 13.5 Å². The Hall–Kier alpha value is -2.41. The van der Waals surface area contributed by atoms with Crippen molar-refractivity contribution in [3.05, 3.63) is 29.7 Å². The number of hydrogen-bond donors (Lipinski definition) is 1. The standard InChI is InChI=1S/C13H14N2O5/c1-8-3-4-9(5-10(8)18-2)13-15-14-11(20-13)6-19-7-12(16)17/h3-5H,6-7H2,1-2H3,(H,16,17). The molecule has 7 heteroatoms. The maximum atomic E-state index is 10.3. The van der Waals surface area contributed by atoms with Gasteiger partial charge in [-0.2, -0.15) is 0 Å². The van der Waals surface area contributed by atoms with Crippen molar-refractivity contribution in [2.24, 2.45) is 0 Å². The maximum absolute atomic E-state index is 10.3. The highest BCUT2D eigenvalue weighted by Gasteiger charge is 2.11. The van der Waals surface area contributed by atoms with Crippen LogP contribution in [-0.4, -0.2) is 35.0 Å². The van der Waals surface area contributed by atoms with Crippen LogP contribution in [0.1, 0.15) is 11.5 Å². The quantitative estimate of drug-likeness (QED) is 0.858. The van der Waals surface area contributed by atoms with Gasteiger partial charge in [-0.1, -0.05) is 6.07 Å². The van der Waals surface area contributed by atoms with E-state index >= 15 is 0 Å². The molecule has 20 heavy (non-hydrogen) atoms. The Kier molecular flexibility index (Phi) is 4.31. The number of hydrogen-bond acceptors (Lipinski definition) is 6. The monoisotopic (exact) mass is 278 g/mol. The molecule has 1 N–H and O–H groups in total. The summed E-state index contributed by atoms with van der Waals surface area (Å²) in [6.45, 7) is 1.49. The van der Waals surface area contributed by atoms with Crippen molar-refractivity contribution < 1.29 is 23.8 Å². The van der Waals surface area contributed by atoms with E-state index in [0.29, 0.717) is 5.89 Å². The average molecular weight is 278 g/mol. The molecule has 1 aromatic carbocycles. The minimum absolute atomic E-state index is 0.0394. The molecule has 0 radical (unpaired) electrons. The highest BCUT2D eigenvalue weighted by atomic mass is 16.5. The third-order valence-electron chi connectivity index (χ3n) is 2.57. The Morgan fingerprint density at radius 2 is 2.20 bits per heavy atom. The summed E-state index contributed by atoms with van der Waals surface area (Å²) >= 11 is 0. The van der Waals surface area contributed by atoms with Gasteiger partial charge in [-0.25, -0.2) is 4.79 Å². The molecule has 0 aliphatic heterocycles. The van der Waals surface area contributed by atoms with E-state index in [2.05, 4.69) is 10.2 Å². The molecular weight excluding hydrogens is 264 g/mol. The summed E-state index contributed by atoms with van der Waals surface area (Å²) in [4.78, 5) is 10.3. The predicted molar refractivity (Wildman–Crippen MR) is 68.3 cm³/mol. The van der Waals surface area contributed by atoms with Crippen LogP contribution in [-0.2, 0) is 16.1 Å². The first-order valence-corrected chi connectivity index (χ1v) is 5.87. The van der Waals surface area contributed by atoms with E-state index in [1.807, 2.05) is 19.1 Å². The molecule has 0 aliphatic carbocycles. The van der Waals surface area contributed by atoms with E-state index in [4.69, 9.17) is 19.0 Å². The number of rotatable bonds is 6. The molecule has 2 rings (SSSR count). The molecule has 7 nitrogen and oxygen atoms in total. The van der Waals surface area contributed by atoms with Crippen molar-refractivity contribution in [1.82, 2.24) is 10.2 Å². The first-order chi connectivity index (χ1) is 9.60. The number of aryl methyl sites for hydroxylation is 1. The number of carbonyl (C=O) groups is 1. The van der Waals surface area contributed by atoms with Gasteiger partial charge in [-0.3, -0.25) is 0 Å². The largest absolute Gasteiger partial charge is 0.496 e. The second-order valence-electron chi connectivity index (χ2n) is 4.07. The van der Waals surface area contributed by atoms with E-state index in [1.54, 1.807) is 13.2 Å². The molecule has 0 bridgehead atoms. The lowest BCUT2D eigenvalue weighted by atomic mass is 10.1. The van der Waals surface area contributed by atoms with Crippen LogP contribution in [0.3, 0.4) is 0 Å². The number of methoxy groups -OCH3 is 1. The van der Waals surface area contributed by atoms with Gasteiger partial charge in [0.1, 0.15) is 19.0 Å². The fourth-order valence-electron chi connectivity index (χ4n) is 1.61. The Morgan fingerprint density at radius 1 is 1.40 bits per heavy atom. The number of aromatic nitrogens is 2. The Balaban J connectivity index is 2.10. The molecule has 2 aromatic rings. The Morgan fingerprint density at radius 3 is 2.90 bits per heavy atom. The molecule has 0 atom stereocenters. The number of ether oxygens (including phenoxy) is 2. The summed E-state index contributed by atoms with van der Waals surface area (Å²) in [5, 5.41) is 16.1. The fourth-order valence-corrected chi connectivity index (χ4v) is 1.61. The van der Waals surface area contributed by atoms with Crippen LogP contribution in [0.25, 0.3) is 11.5 Å². The van der Waals surface area contributed by atoms with Crippen molar-refractivity contribution in [1.29, 1.82) is 0 Å². The molecular formula is C13H14N2O5. The number of aliphatic carboxylic acids is 1. The lowest BCUT2D eigenvalue weighted by molar-refractivity contribution is -0.142. The van der Waals surface area contributed by atoms with Gasteiger partial charge in [0.15, 0.2) is 0 Å². The number of carboxylic acid groups (broad SMARTS) is 1. The second-order valence-corrected chi connectivity index (χ2v) is 4.07. The molecule has 106 valence electrons. The van der Waals surface area contributed by atoms with E-state index in [1.165, 1.54) is 0 Å². The van der Waals surface area contributed by atoms with Crippen LogP contribution in [0.15, 0.2) is 22.6 Å². The van der Waals surface area contributed by atoms with Gasteiger partial charge < -0.3 is 19.0 Å². The normalized spacial score (nSPS) is 10.5. The fraction of sp³-hybridized carbons (Fsp3) is 0.308. The average Bonchev–Trinajstić information content (AvgIpc) is 2.87. The number of nitrogens with zero attached hydrogens (tertiary/aromatic N) is 2. The lowest BCUT2D eigenvalue weighted by Gasteiger charge is -2.04. The third kappa shape index (κ3) is 3.33. The molecule has 0 fully saturated rings. The molecule has 0 unspecified atom stereocenters. The molecule has 1 aromatic heterocycles. The number of benzene rings is 1. The highest BCUT2D eigenvalue weighted by Crippen LogP contribution is 2.25. The SMILES string of the molecule is COc1cc(-c2nnc(COCC(=O)O)o2)ccc1C. The predicted octanol–water partition coefficient (Wildman–Crippen LogP) is 1.65. The van der Waals surface area contributed by atoms with Gasteiger partial charge in [0.2, 0.25) is 11.8 Å². The summed E-state index contributed by atoms with van der Waals surface area (Å²) in [5.74, 6) is 0.232. The second kappa shape index (κ2) is 6.16. The topological polar surface area (TPSA) is 94.7 Å².